The summed E-state index contributed by atoms with van der Waals surface area (Å²) in [6.45, 7) is 2.76. The number of anilines is 1. The predicted molar refractivity (Wildman–Crippen MR) is 136 cm³/mol. The highest BCUT2D eigenvalue weighted by Crippen LogP contribution is 2.57. The van der Waals surface area contributed by atoms with Crippen molar-refractivity contribution in [2.75, 3.05) is 25.6 Å². The van der Waals surface area contributed by atoms with E-state index in [2.05, 4.69) is 17.4 Å². The maximum atomic E-state index is 13.1. The van der Waals surface area contributed by atoms with Gasteiger partial charge in [0.1, 0.15) is 18.2 Å². The number of halogens is 1. The number of benzene rings is 2. The summed E-state index contributed by atoms with van der Waals surface area (Å²) >= 11 is 6.21. The van der Waals surface area contributed by atoms with E-state index in [1.165, 1.54) is 18.2 Å². The first kappa shape index (κ1) is 24.3. The smallest absolute Gasteiger partial charge is 0.331 e. The van der Waals surface area contributed by atoms with E-state index in [9.17, 15) is 9.90 Å². The molecule has 1 aliphatic heterocycles. The van der Waals surface area contributed by atoms with Crippen molar-refractivity contribution >= 4 is 23.3 Å². The Morgan fingerprint density at radius 3 is 2.71 bits per heavy atom. The van der Waals surface area contributed by atoms with Crippen LogP contribution in [0.2, 0.25) is 5.02 Å². The minimum Gasteiger partial charge on any atom is -0.486 e. The summed E-state index contributed by atoms with van der Waals surface area (Å²) < 4.78 is 17.4. The minimum atomic E-state index is -0.808. The van der Waals surface area contributed by atoms with Gasteiger partial charge in [0.25, 0.3) is 0 Å². The molecule has 188 valence electrons. The molecule has 0 aromatic heterocycles. The molecule has 2 unspecified atom stereocenters. The SMILES string of the molecule is COC(=O)C1(Nc2cccc(Cl)c2)CCC2(CC1)c1cc3c(cc1CC2CCCO)OCC(C)O3. The molecular weight excluding hydrogens is 466 g/mol. The van der Waals surface area contributed by atoms with Crippen molar-refractivity contribution in [1.82, 2.24) is 0 Å². The maximum absolute atomic E-state index is 13.1. The van der Waals surface area contributed by atoms with Crippen molar-refractivity contribution in [3.05, 3.63) is 52.5 Å². The normalized spacial score (nSPS) is 29.0. The van der Waals surface area contributed by atoms with Gasteiger partial charge in [0.05, 0.1) is 7.11 Å². The second-order valence-electron chi connectivity index (χ2n) is 10.3. The van der Waals surface area contributed by atoms with Crippen LogP contribution in [0, 0.1) is 5.92 Å². The zero-order valence-corrected chi connectivity index (χ0v) is 21.2. The number of hydrogen-bond donors (Lipinski definition) is 2. The van der Waals surface area contributed by atoms with Gasteiger partial charge in [0.2, 0.25) is 0 Å². The molecule has 0 bridgehead atoms. The van der Waals surface area contributed by atoms with Crippen LogP contribution in [0.15, 0.2) is 36.4 Å². The zero-order valence-electron chi connectivity index (χ0n) is 20.4. The molecule has 5 rings (SSSR count). The average molecular weight is 500 g/mol. The average Bonchev–Trinajstić information content (AvgIpc) is 3.14. The van der Waals surface area contributed by atoms with Gasteiger partial charge in [0, 0.05) is 17.3 Å². The Morgan fingerprint density at radius 2 is 2.00 bits per heavy atom. The quantitative estimate of drug-likeness (QED) is 0.526. The first-order chi connectivity index (χ1) is 16.9. The Hall–Kier alpha value is -2.44. The molecule has 2 N–H and O–H groups in total. The molecule has 1 heterocycles. The van der Waals surface area contributed by atoms with Crippen LogP contribution in [0.25, 0.3) is 0 Å². The first-order valence-electron chi connectivity index (χ1n) is 12.6. The monoisotopic (exact) mass is 499 g/mol. The fourth-order valence-electron chi connectivity index (χ4n) is 6.51. The lowest BCUT2D eigenvalue weighted by atomic mass is 9.60. The number of methoxy groups -OCH3 is 1. The fourth-order valence-corrected chi connectivity index (χ4v) is 6.70. The number of fused-ring (bicyclic) bond motifs is 3. The van der Waals surface area contributed by atoms with Gasteiger partial charge in [-0.2, -0.15) is 0 Å². The highest BCUT2D eigenvalue weighted by Gasteiger charge is 2.54. The molecule has 3 aliphatic rings. The lowest BCUT2D eigenvalue weighted by molar-refractivity contribution is -0.148. The third kappa shape index (κ3) is 4.36. The summed E-state index contributed by atoms with van der Waals surface area (Å²) in [5.74, 6) is 1.79. The van der Waals surface area contributed by atoms with Crippen LogP contribution < -0.4 is 14.8 Å². The van der Waals surface area contributed by atoms with Crippen molar-refractivity contribution in [2.24, 2.45) is 5.92 Å². The summed E-state index contributed by atoms with van der Waals surface area (Å²) in [6.07, 6.45) is 5.66. The second kappa shape index (κ2) is 9.55. The summed E-state index contributed by atoms with van der Waals surface area (Å²) in [5.41, 5.74) is 2.56. The Morgan fingerprint density at radius 1 is 1.20 bits per heavy atom. The molecule has 1 spiro atoms. The number of hydrogen-bond acceptors (Lipinski definition) is 6. The van der Waals surface area contributed by atoms with Crippen LogP contribution >= 0.6 is 11.6 Å². The van der Waals surface area contributed by atoms with Gasteiger partial charge in [-0.3, -0.25) is 0 Å². The molecule has 1 fully saturated rings. The number of rotatable bonds is 6. The molecule has 1 saturated carbocycles. The van der Waals surface area contributed by atoms with Crippen LogP contribution in [-0.4, -0.2) is 43.0 Å². The van der Waals surface area contributed by atoms with Gasteiger partial charge in [-0.15, -0.1) is 0 Å². The standard InChI is InChI=1S/C28H34ClNO5/c1-18-17-34-24-14-19-13-20(5-4-12-31)27(23(19)16-25(24)35-18)8-10-28(11-9-27,26(32)33-2)30-22-7-3-6-21(29)15-22/h3,6-7,14-16,18,20,30-31H,4-5,8-13,17H2,1-2H3. The van der Waals surface area contributed by atoms with Crippen LogP contribution in [0.3, 0.4) is 0 Å². The van der Waals surface area contributed by atoms with E-state index in [1.54, 1.807) is 0 Å². The number of carbonyl (C=O) groups excluding carboxylic acids is 1. The number of ether oxygens (including phenoxy) is 3. The van der Waals surface area contributed by atoms with Gasteiger partial charge < -0.3 is 24.6 Å². The summed E-state index contributed by atoms with van der Waals surface area (Å²) in [7, 11) is 1.45. The molecular formula is C28H34ClNO5. The molecule has 0 saturated heterocycles. The lowest BCUT2D eigenvalue weighted by Crippen LogP contribution is -2.53. The van der Waals surface area contributed by atoms with Gasteiger partial charge in [-0.25, -0.2) is 4.79 Å². The van der Waals surface area contributed by atoms with Crippen LogP contribution in [0.4, 0.5) is 5.69 Å². The maximum Gasteiger partial charge on any atom is 0.331 e. The molecule has 6 nitrogen and oxygen atoms in total. The van der Waals surface area contributed by atoms with E-state index in [0.29, 0.717) is 30.4 Å². The third-order valence-corrected chi connectivity index (χ3v) is 8.48. The van der Waals surface area contributed by atoms with Gasteiger partial charge in [-0.1, -0.05) is 17.7 Å². The highest BCUT2D eigenvalue weighted by atomic mass is 35.5. The molecule has 7 heteroatoms. The topological polar surface area (TPSA) is 77.0 Å². The van der Waals surface area contributed by atoms with E-state index in [1.807, 2.05) is 31.2 Å². The first-order valence-corrected chi connectivity index (χ1v) is 13.0. The Kier molecular flexibility index (Phi) is 6.62. The van der Waals surface area contributed by atoms with Crippen molar-refractivity contribution < 1.29 is 24.1 Å². The second-order valence-corrected chi connectivity index (χ2v) is 10.8. The Labute approximate surface area is 211 Å². The van der Waals surface area contributed by atoms with Crippen LogP contribution in [-0.2, 0) is 21.4 Å². The van der Waals surface area contributed by atoms with Gasteiger partial charge in [-0.05, 0) is 105 Å². The van der Waals surface area contributed by atoms with E-state index in [-0.39, 0.29) is 24.1 Å². The van der Waals surface area contributed by atoms with E-state index in [4.69, 9.17) is 25.8 Å². The number of aliphatic hydroxyl groups excluding tert-OH is 1. The zero-order chi connectivity index (χ0) is 24.6. The number of carbonyl (C=O) groups is 1. The number of esters is 1. The summed E-state index contributed by atoms with van der Waals surface area (Å²) in [6, 6.07) is 11.8. The Balaban J connectivity index is 1.48. The molecule has 2 aliphatic carbocycles. The summed E-state index contributed by atoms with van der Waals surface area (Å²) in [4.78, 5) is 13.1. The van der Waals surface area contributed by atoms with E-state index < -0.39 is 5.54 Å². The van der Waals surface area contributed by atoms with E-state index in [0.717, 1.165) is 49.3 Å². The minimum absolute atomic E-state index is 0.0170. The van der Waals surface area contributed by atoms with E-state index >= 15 is 0 Å². The highest BCUT2D eigenvalue weighted by molar-refractivity contribution is 6.30. The number of aliphatic hydroxyl groups is 1. The molecule has 2 aromatic carbocycles. The number of nitrogens with one attached hydrogen (secondary N) is 1. The van der Waals surface area contributed by atoms with Crippen LogP contribution in [0.1, 0.15) is 56.6 Å². The van der Waals surface area contributed by atoms with Crippen molar-refractivity contribution in [3.63, 3.8) is 0 Å². The molecule has 0 radical (unpaired) electrons. The van der Waals surface area contributed by atoms with Gasteiger partial charge in [0.15, 0.2) is 11.5 Å². The van der Waals surface area contributed by atoms with Crippen molar-refractivity contribution in [2.45, 2.75) is 68.9 Å². The molecule has 2 atom stereocenters. The molecule has 2 aromatic rings. The fraction of sp³-hybridized carbons (Fsp3) is 0.536. The van der Waals surface area contributed by atoms with Gasteiger partial charge >= 0.3 is 5.97 Å². The Bertz CT molecular complexity index is 1090. The molecule has 0 amide bonds. The van der Waals surface area contributed by atoms with Crippen molar-refractivity contribution in [1.29, 1.82) is 0 Å². The van der Waals surface area contributed by atoms with Crippen molar-refractivity contribution in [3.8, 4) is 11.5 Å². The van der Waals surface area contributed by atoms with Crippen LogP contribution in [0.5, 0.6) is 11.5 Å². The summed E-state index contributed by atoms with van der Waals surface area (Å²) in [5, 5.41) is 13.7. The third-order valence-electron chi connectivity index (χ3n) is 8.25. The largest absolute Gasteiger partial charge is 0.486 e. The lowest BCUT2D eigenvalue weighted by Gasteiger charge is -2.47. The molecule has 35 heavy (non-hydrogen) atoms. The predicted octanol–water partition coefficient (Wildman–Crippen LogP) is 5.28.